The average Bonchev–Trinajstić information content (AvgIpc) is 2.97. The monoisotopic (exact) mass is 252 g/mol. The summed E-state index contributed by atoms with van der Waals surface area (Å²) in [5.74, 6) is 0.204. The van der Waals surface area contributed by atoms with Gasteiger partial charge in [0.05, 0.1) is 7.11 Å². The number of hydrogen-bond donors (Lipinski definition) is 2. The lowest BCUT2D eigenvalue weighted by molar-refractivity contribution is -0.116. The maximum absolute atomic E-state index is 11.6. The molecule has 0 aliphatic heterocycles. The Hall–Kier alpha value is -1.89. The number of methoxy groups -OCH3 is 1. The van der Waals surface area contributed by atoms with E-state index in [9.17, 15) is 4.79 Å². The third kappa shape index (κ3) is 3.28. The number of aryl methyl sites for hydroxylation is 1. The SMILES string of the molecule is COc1n[nH]c(NC(=O)CCc2cccs2)n1. The topological polar surface area (TPSA) is 79.9 Å². The molecule has 0 fully saturated rings. The summed E-state index contributed by atoms with van der Waals surface area (Å²) in [7, 11) is 1.46. The minimum Gasteiger partial charge on any atom is -0.466 e. The highest BCUT2D eigenvalue weighted by atomic mass is 32.1. The van der Waals surface area contributed by atoms with Crippen LogP contribution in [0.15, 0.2) is 17.5 Å². The normalized spacial score (nSPS) is 10.2. The van der Waals surface area contributed by atoms with E-state index in [1.165, 1.54) is 12.0 Å². The molecule has 6 nitrogen and oxygen atoms in total. The number of ether oxygens (including phenoxy) is 1. The third-order valence-corrected chi connectivity index (χ3v) is 3.02. The van der Waals surface area contributed by atoms with Crippen molar-refractivity contribution in [3.63, 3.8) is 0 Å². The number of H-pyrrole nitrogens is 1. The van der Waals surface area contributed by atoms with Gasteiger partial charge in [-0.15, -0.1) is 16.4 Å². The molecular formula is C10H12N4O2S. The zero-order valence-corrected chi connectivity index (χ0v) is 10.1. The zero-order valence-electron chi connectivity index (χ0n) is 9.27. The number of nitrogens with one attached hydrogen (secondary N) is 2. The quantitative estimate of drug-likeness (QED) is 0.844. The molecule has 0 bridgehead atoms. The van der Waals surface area contributed by atoms with Crippen molar-refractivity contribution < 1.29 is 9.53 Å². The van der Waals surface area contributed by atoms with Gasteiger partial charge in [-0.25, -0.2) is 5.10 Å². The number of thiophene rings is 1. The van der Waals surface area contributed by atoms with Gasteiger partial charge in [-0.1, -0.05) is 6.07 Å². The molecule has 2 heterocycles. The van der Waals surface area contributed by atoms with E-state index in [4.69, 9.17) is 4.74 Å². The van der Waals surface area contributed by atoms with Crippen molar-refractivity contribution >= 4 is 23.2 Å². The molecule has 1 amide bonds. The van der Waals surface area contributed by atoms with Crippen molar-refractivity contribution in [3.05, 3.63) is 22.4 Å². The van der Waals surface area contributed by atoms with Crippen molar-refractivity contribution in [2.45, 2.75) is 12.8 Å². The van der Waals surface area contributed by atoms with Crippen LogP contribution in [0.2, 0.25) is 0 Å². The second kappa shape index (κ2) is 5.44. The largest absolute Gasteiger partial charge is 0.466 e. The molecule has 7 heteroatoms. The maximum Gasteiger partial charge on any atom is 0.336 e. The summed E-state index contributed by atoms with van der Waals surface area (Å²) < 4.78 is 4.79. The Labute approximate surface area is 102 Å². The van der Waals surface area contributed by atoms with Gasteiger partial charge in [0.15, 0.2) is 0 Å². The van der Waals surface area contributed by atoms with Crippen LogP contribution in [0.5, 0.6) is 6.01 Å². The van der Waals surface area contributed by atoms with Crippen molar-refractivity contribution in [2.24, 2.45) is 0 Å². The fourth-order valence-corrected chi connectivity index (χ4v) is 1.99. The first-order valence-electron chi connectivity index (χ1n) is 5.06. The van der Waals surface area contributed by atoms with Crippen LogP contribution in [0.3, 0.4) is 0 Å². The second-order valence-corrected chi connectivity index (χ2v) is 4.33. The lowest BCUT2D eigenvalue weighted by Crippen LogP contribution is -2.13. The zero-order chi connectivity index (χ0) is 12.1. The van der Waals surface area contributed by atoms with E-state index >= 15 is 0 Å². The van der Waals surface area contributed by atoms with Crippen LogP contribution in [-0.4, -0.2) is 28.2 Å². The number of rotatable bonds is 5. The first-order chi connectivity index (χ1) is 8.28. The minimum absolute atomic E-state index is 0.0998. The Morgan fingerprint density at radius 1 is 1.65 bits per heavy atom. The molecule has 2 N–H and O–H groups in total. The Bertz CT molecular complexity index is 480. The molecule has 0 saturated carbocycles. The summed E-state index contributed by atoms with van der Waals surface area (Å²) in [6.45, 7) is 0. The Kier molecular flexibility index (Phi) is 3.71. The number of carbonyl (C=O) groups excluding carboxylic acids is 1. The standard InChI is InChI=1S/C10H12N4O2S/c1-16-10-12-9(13-14-10)11-8(15)5-4-7-3-2-6-17-7/h2-3,6H,4-5H2,1H3,(H2,11,12,13,14,15). The number of hydrogen-bond acceptors (Lipinski definition) is 5. The molecule has 2 aromatic heterocycles. The first kappa shape index (κ1) is 11.6. The molecule has 0 spiro atoms. The lowest BCUT2D eigenvalue weighted by atomic mass is 10.2. The van der Waals surface area contributed by atoms with E-state index in [0.29, 0.717) is 12.4 Å². The molecule has 2 rings (SSSR count). The van der Waals surface area contributed by atoms with E-state index in [1.807, 2.05) is 17.5 Å². The van der Waals surface area contributed by atoms with Gasteiger partial charge in [0.1, 0.15) is 0 Å². The fourth-order valence-electron chi connectivity index (χ4n) is 1.28. The predicted molar refractivity (Wildman–Crippen MR) is 64.2 cm³/mol. The predicted octanol–water partition coefficient (Wildman–Crippen LogP) is 1.45. The number of carbonyl (C=O) groups is 1. The molecular weight excluding hydrogens is 240 g/mol. The third-order valence-electron chi connectivity index (χ3n) is 2.08. The number of aromatic nitrogens is 3. The van der Waals surface area contributed by atoms with Crippen LogP contribution in [0, 0.1) is 0 Å². The Morgan fingerprint density at radius 3 is 3.18 bits per heavy atom. The van der Waals surface area contributed by atoms with Crippen molar-refractivity contribution in [3.8, 4) is 6.01 Å². The van der Waals surface area contributed by atoms with Crippen molar-refractivity contribution in [1.82, 2.24) is 15.2 Å². The highest BCUT2D eigenvalue weighted by molar-refractivity contribution is 7.09. The van der Waals surface area contributed by atoms with Crippen LogP contribution in [0.4, 0.5) is 5.95 Å². The summed E-state index contributed by atoms with van der Waals surface area (Å²) in [6, 6.07) is 4.19. The van der Waals surface area contributed by atoms with Crippen molar-refractivity contribution in [1.29, 1.82) is 0 Å². The van der Waals surface area contributed by atoms with Crippen LogP contribution in [0.25, 0.3) is 0 Å². The highest BCUT2D eigenvalue weighted by Gasteiger charge is 2.07. The van der Waals surface area contributed by atoms with Gasteiger partial charge in [0, 0.05) is 11.3 Å². The fraction of sp³-hybridized carbons (Fsp3) is 0.300. The molecule has 0 aromatic carbocycles. The van der Waals surface area contributed by atoms with E-state index in [-0.39, 0.29) is 11.9 Å². The van der Waals surface area contributed by atoms with Gasteiger partial charge in [0.2, 0.25) is 11.9 Å². The van der Waals surface area contributed by atoms with Gasteiger partial charge >= 0.3 is 6.01 Å². The minimum atomic E-state index is -0.0998. The van der Waals surface area contributed by atoms with Crippen LogP contribution in [-0.2, 0) is 11.2 Å². The van der Waals surface area contributed by atoms with E-state index in [0.717, 1.165) is 6.42 Å². The van der Waals surface area contributed by atoms with Crippen molar-refractivity contribution in [2.75, 3.05) is 12.4 Å². The summed E-state index contributed by atoms with van der Waals surface area (Å²) in [4.78, 5) is 16.7. The lowest BCUT2D eigenvalue weighted by Gasteiger charge is -1.99. The summed E-state index contributed by atoms with van der Waals surface area (Å²) in [6.07, 6.45) is 1.15. The summed E-state index contributed by atoms with van der Waals surface area (Å²) in [5.41, 5.74) is 0. The Balaban J connectivity index is 1.81. The van der Waals surface area contributed by atoms with Gasteiger partial charge in [-0.2, -0.15) is 4.98 Å². The molecule has 2 aromatic rings. The molecule has 0 aliphatic rings. The summed E-state index contributed by atoms with van der Waals surface area (Å²) in [5, 5.41) is 10.9. The van der Waals surface area contributed by atoms with E-state index < -0.39 is 0 Å². The van der Waals surface area contributed by atoms with E-state index in [1.54, 1.807) is 11.3 Å². The smallest absolute Gasteiger partial charge is 0.336 e. The molecule has 17 heavy (non-hydrogen) atoms. The maximum atomic E-state index is 11.6. The van der Waals surface area contributed by atoms with Crippen LogP contribution in [0.1, 0.15) is 11.3 Å². The second-order valence-electron chi connectivity index (χ2n) is 3.30. The molecule has 0 unspecified atom stereocenters. The van der Waals surface area contributed by atoms with Gasteiger partial charge in [0.25, 0.3) is 0 Å². The van der Waals surface area contributed by atoms with Gasteiger partial charge in [-0.3, -0.25) is 10.1 Å². The first-order valence-corrected chi connectivity index (χ1v) is 5.94. The molecule has 0 saturated heterocycles. The number of anilines is 1. The molecule has 0 atom stereocenters. The molecule has 0 aliphatic carbocycles. The van der Waals surface area contributed by atoms with Gasteiger partial charge in [-0.05, 0) is 17.9 Å². The van der Waals surface area contributed by atoms with E-state index in [2.05, 4.69) is 20.5 Å². The average molecular weight is 252 g/mol. The number of aromatic amines is 1. The van der Waals surface area contributed by atoms with Gasteiger partial charge < -0.3 is 4.74 Å². The molecule has 0 radical (unpaired) electrons. The number of amides is 1. The highest BCUT2D eigenvalue weighted by Crippen LogP contribution is 2.11. The van der Waals surface area contributed by atoms with Crippen LogP contribution >= 0.6 is 11.3 Å². The molecule has 90 valence electrons. The summed E-state index contributed by atoms with van der Waals surface area (Å²) >= 11 is 1.64. The Morgan fingerprint density at radius 2 is 2.53 bits per heavy atom. The number of nitrogens with zero attached hydrogens (tertiary/aromatic N) is 2. The van der Waals surface area contributed by atoms with Crippen LogP contribution < -0.4 is 10.1 Å².